The molecule has 2 aliphatic heterocycles. The van der Waals surface area contributed by atoms with Crippen molar-refractivity contribution in [1.82, 2.24) is 19.7 Å². The smallest absolute Gasteiger partial charge is 0.137 e. The maximum Gasteiger partial charge on any atom is 0.137 e. The van der Waals surface area contributed by atoms with Crippen molar-refractivity contribution >= 4 is 0 Å². The van der Waals surface area contributed by atoms with E-state index in [0.717, 1.165) is 32.5 Å². The normalized spacial score (nSPS) is 23.3. The van der Waals surface area contributed by atoms with Gasteiger partial charge in [0.15, 0.2) is 0 Å². The molecule has 5 nitrogen and oxygen atoms in total. The fraction of sp³-hybridized carbons (Fsp3) is 0.812. The van der Waals surface area contributed by atoms with Crippen LogP contribution in [0.2, 0.25) is 0 Å². The van der Waals surface area contributed by atoms with Gasteiger partial charge in [0, 0.05) is 31.8 Å². The van der Waals surface area contributed by atoms with Gasteiger partial charge in [-0.1, -0.05) is 6.42 Å². The summed E-state index contributed by atoms with van der Waals surface area (Å²) < 4.78 is 2.40. The Labute approximate surface area is 127 Å². The van der Waals surface area contributed by atoms with Gasteiger partial charge >= 0.3 is 0 Å². The molecular weight excluding hydrogens is 262 g/mol. The van der Waals surface area contributed by atoms with Crippen molar-refractivity contribution in [1.29, 1.82) is 5.26 Å². The zero-order chi connectivity index (χ0) is 14.5. The Hall–Kier alpha value is -1.41. The molecule has 0 spiro atoms. The SMILES string of the molecule is N#CCCCN1CCCC(c2nnc3n2CCCCC3)C1. The lowest BCUT2D eigenvalue weighted by Gasteiger charge is -2.32. The minimum Gasteiger partial charge on any atom is -0.315 e. The van der Waals surface area contributed by atoms with Gasteiger partial charge in [-0.15, -0.1) is 10.2 Å². The quantitative estimate of drug-likeness (QED) is 0.798. The van der Waals surface area contributed by atoms with Crippen molar-refractivity contribution in [3.63, 3.8) is 0 Å². The van der Waals surface area contributed by atoms with E-state index < -0.39 is 0 Å². The molecule has 1 aromatic heterocycles. The third kappa shape index (κ3) is 3.44. The predicted octanol–water partition coefficient (Wildman–Crippen LogP) is 2.49. The molecule has 1 saturated heterocycles. The Morgan fingerprint density at radius 3 is 3.00 bits per heavy atom. The molecule has 1 aromatic rings. The highest BCUT2D eigenvalue weighted by molar-refractivity contribution is 5.05. The van der Waals surface area contributed by atoms with Crippen molar-refractivity contribution in [3.8, 4) is 6.07 Å². The van der Waals surface area contributed by atoms with E-state index in [1.54, 1.807) is 0 Å². The van der Waals surface area contributed by atoms with Crippen molar-refractivity contribution in [3.05, 3.63) is 11.6 Å². The van der Waals surface area contributed by atoms with Crippen LogP contribution in [0.1, 0.15) is 62.5 Å². The Morgan fingerprint density at radius 1 is 1.14 bits per heavy atom. The van der Waals surface area contributed by atoms with Gasteiger partial charge in [-0.25, -0.2) is 0 Å². The summed E-state index contributed by atoms with van der Waals surface area (Å²) in [5, 5.41) is 17.6. The van der Waals surface area contributed by atoms with Crippen molar-refractivity contribution in [2.45, 2.75) is 63.8 Å². The Bertz CT molecular complexity index is 501. The number of aryl methyl sites for hydroxylation is 1. The number of likely N-dealkylation sites (tertiary alicyclic amines) is 1. The van der Waals surface area contributed by atoms with Crippen LogP contribution in [-0.4, -0.2) is 39.3 Å². The van der Waals surface area contributed by atoms with Gasteiger partial charge in [0.05, 0.1) is 6.07 Å². The first kappa shape index (κ1) is 14.5. The maximum absolute atomic E-state index is 8.67. The van der Waals surface area contributed by atoms with E-state index in [2.05, 4.69) is 25.7 Å². The van der Waals surface area contributed by atoms with Crippen LogP contribution >= 0.6 is 0 Å². The van der Waals surface area contributed by atoms with E-state index >= 15 is 0 Å². The first-order chi connectivity index (χ1) is 10.4. The first-order valence-corrected chi connectivity index (χ1v) is 8.40. The topological polar surface area (TPSA) is 57.7 Å². The first-order valence-electron chi connectivity index (χ1n) is 8.40. The maximum atomic E-state index is 8.67. The van der Waals surface area contributed by atoms with Crippen LogP contribution in [0.15, 0.2) is 0 Å². The zero-order valence-corrected chi connectivity index (χ0v) is 12.8. The molecule has 21 heavy (non-hydrogen) atoms. The Balaban J connectivity index is 1.66. The molecule has 1 unspecified atom stereocenters. The highest BCUT2D eigenvalue weighted by Gasteiger charge is 2.26. The molecule has 0 saturated carbocycles. The fourth-order valence-corrected chi connectivity index (χ4v) is 3.66. The summed E-state index contributed by atoms with van der Waals surface area (Å²) in [6.45, 7) is 4.40. The third-order valence-electron chi connectivity index (χ3n) is 4.77. The van der Waals surface area contributed by atoms with E-state index in [0.29, 0.717) is 12.3 Å². The summed E-state index contributed by atoms with van der Waals surface area (Å²) >= 11 is 0. The summed E-state index contributed by atoms with van der Waals surface area (Å²) in [7, 11) is 0. The standard InChI is InChI=1S/C16H25N5/c17-9-3-5-10-20-11-6-7-14(13-20)16-19-18-15-8-2-1-4-12-21(15)16/h14H,1-8,10-13H2. The molecule has 1 fully saturated rings. The average Bonchev–Trinajstić information content (AvgIpc) is 2.77. The zero-order valence-electron chi connectivity index (χ0n) is 12.8. The lowest BCUT2D eigenvalue weighted by Crippen LogP contribution is -2.36. The number of piperidine rings is 1. The second-order valence-electron chi connectivity index (χ2n) is 6.34. The minimum absolute atomic E-state index is 0.528. The number of unbranched alkanes of at least 4 members (excludes halogenated alkanes) is 1. The van der Waals surface area contributed by atoms with Crippen LogP contribution in [0.5, 0.6) is 0 Å². The number of aromatic nitrogens is 3. The number of fused-ring (bicyclic) bond motifs is 1. The van der Waals surface area contributed by atoms with Gasteiger partial charge < -0.3 is 9.47 Å². The summed E-state index contributed by atoms with van der Waals surface area (Å²) in [4.78, 5) is 2.50. The van der Waals surface area contributed by atoms with Gasteiger partial charge in [0.2, 0.25) is 0 Å². The number of nitrogens with zero attached hydrogens (tertiary/aromatic N) is 5. The molecule has 0 aliphatic carbocycles. The van der Waals surface area contributed by atoms with E-state index in [1.807, 2.05) is 0 Å². The Kier molecular flexibility index (Phi) is 4.87. The highest BCUT2D eigenvalue weighted by Crippen LogP contribution is 2.28. The summed E-state index contributed by atoms with van der Waals surface area (Å²) in [5.41, 5.74) is 0. The summed E-state index contributed by atoms with van der Waals surface area (Å²) in [6.07, 6.45) is 9.04. The number of rotatable bonds is 4. The van der Waals surface area contributed by atoms with Crippen molar-refractivity contribution in [2.75, 3.05) is 19.6 Å². The van der Waals surface area contributed by atoms with E-state index in [-0.39, 0.29) is 0 Å². The van der Waals surface area contributed by atoms with Crippen LogP contribution < -0.4 is 0 Å². The van der Waals surface area contributed by atoms with E-state index in [4.69, 9.17) is 5.26 Å². The molecule has 0 amide bonds. The molecule has 0 radical (unpaired) electrons. The molecule has 1 atom stereocenters. The van der Waals surface area contributed by atoms with E-state index in [1.165, 1.54) is 50.3 Å². The average molecular weight is 287 g/mol. The lowest BCUT2D eigenvalue weighted by molar-refractivity contribution is 0.200. The second kappa shape index (κ2) is 7.04. The molecule has 0 aromatic carbocycles. The minimum atomic E-state index is 0.528. The number of hydrogen-bond donors (Lipinski definition) is 0. The van der Waals surface area contributed by atoms with Gasteiger partial charge in [-0.05, 0) is 45.2 Å². The molecule has 0 N–H and O–H groups in total. The molecular formula is C16H25N5. The molecule has 2 aliphatic rings. The predicted molar refractivity (Wildman–Crippen MR) is 80.8 cm³/mol. The van der Waals surface area contributed by atoms with Crippen LogP contribution in [-0.2, 0) is 13.0 Å². The van der Waals surface area contributed by atoms with Gasteiger partial charge in [-0.2, -0.15) is 5.26 Å². The molecule has 3 rings (SSSR count). The number of hydrogen-bond acceptors (Lipinski definition) is 4. The van der Waals surface area contributed by atoms with Crippen LogP contribution in [0, 0.1) is 11.3 Å². The van der Waals surface area contributed by atoms with Crippen molar-refractivity contribution < 1.29 is 0 Å². The largest absolute Gasteiger partial charge is 0.315 e. The van der Waals surface area contributed by atoms with Crippen molar-refractivity contribution in [2.24, 2.45) is 0 Å². The van der Waals surface area contributed by atoms with Gasteiger partial charge in [0.1, 0.15) is 11.6 Å². The summed E-state index contributed by atoms with van der Waals surface area (Å²) in [5.74, 6) is 2.95. The number of nitriles is 1. The highest BCUT2D eigenvalue weighted by atomic mass is 15.3. The molecule has 0 bridgehead atoms. The van der Waals surface area contributed by atoms with E-state index in [9.17, 15) is 0 Å². The summed E-state index contributed by atoms with van der Waals surface area (Å²) in [6, 6.07) is 2.24. The Morgan fingerprint density at radius 2 is 2.10 bits per heavy atom. The van der Waals surface area contributed by atoms with Gasteiger partial charge in [0.25, 0.3) is 0 Å². The second-order valence-corrected chi connectivity index (χ2v) is 6.34. The fourth-order valence-electron chi connectivity index (χ4n) is 3.66. The van der Waals surface area contributed by atoms with Gasteiger partial charge in [-0.3, -0.25) is 0 Å². The molecule has 114 valence electrons. The van der Waals surface area contributed by atoms with Crippen LogP contribution in [0.3, 0.4) is 0 Å². The molecule has 3 heterocycles. The third-order valence-corrected chi connectivity index (χ3v) is 4.77. The monoisotopic (exact) mass is 287 g/mol. The molecule has 5 heteroatoms. The van der Waals surface area contributed by atoms with Crippen LogP contribution in [0.25, 0.3) is 0 Å². The van der Waals surface area contributed by atoms with Crippen LogP contribution in [0.4, 0.5) is 0 Å². The lowest BCUT2D eigenvalue weighted by atomic mass is 9.97.